The van der Waals surface area contributed by atoms with Crippen molar-refractivity contribution in [1.82, 2.24) is 0 Å². The summed E-state index contributed by atoms with van der Waals surface area (Å²) in [6.45, 7) is 0.549. The molecule has 0 amide bonds. The number of ether oxygens (including phenoxy) is 1. The minimum Gasteiger partial charge on any atom is -0.465 e. The maximum atomic E-state index is 10.6. The minimum absolute atomic E-state index is 0.185. The van der Waals surface area contributed by atoms with Crippen molar-refractivity contribution in [3.8, 4) is 0 Å². The zero-order valence-corrected chi connectivity index (χ0v) is 9.13. The molecule has 0 radical (unpaired) electrons. The van der Waals surface area contributed by atoms with Crippen LogP contribution in [0.2, 0.25) is 0 Å². The standard InChI is InChI=1S/C8H16O2S2/c1-12-6-4-2-3-5-10-8(9)7-11/h11H,2-7H2,1H3. The van der Waals surface area contributed by atoms with Gasteiger partial charge in [0.2, 0.25) is 0 Å². The molecule has 0 rings (SSSR count). The Morgan fingerprint density at radius 1 is 1.42 bits per heavy atom. The normalized spacial score (nSPS) is 9.83. The van der Waals surface area contributed by atoms with Crippen molar-refractivity contribution >= 4 is 30.4 Å². The molecule has 0 bridgehead atoms. The predicted molar refractivity (Wildman–Crippen MR) is 57.0 cm³/mol. The van der Waals surface area contributed by atoms with Crippen molar-refractivity contribution in [3.05, 3.63) is 0 Å². The Morgan fingerprint density at radius 2 is 2.17 bits per heavy atom. The van der Waals surface area contributed by atoms with Crippen molar-refractivity contribution in [2.75, 3.05) is 24.4 Å². The highest BCUT2D eigenvalue weighted by Gasteiger charge is 1.96. The molecule has 12 heavy (non-hydrogen) atoms. The maximum Gasteiger partial charge on any atom is 0.315 e. The average Bonchev–Trinajstić information content (AvgIpc) is 2.10. The van der Waals surface area contributed by atoms with Gasteiger partial charge in [-0.1, -0.05) is 0 Å². The van der Waals surface area contributed by atoms with Gasteiger partial charge in [-0.05, 0) is 31.3 Å². The molecule has 0 saturated carbocycles. The van der Waals surface area contributed by atoms with E-state index in [4.69, 9.17) is 4.74 Å². The molecular formula is C8H16O2S2. The number of carbonyl (C=O) groups is 1. The summed E-state index contributed by atoms with van der Waals surface area (Å²) in [6.07, 6.45) is 5.42. The van der Waals surface area contributed by atoms with Crippen LogP contribution in [0.4, 0.5) is 0 Å². The van der Waals surface area contributed by atoms with E-state index >= 15 is 0 Å². The molecule has 0 atom stereocenters. The largest absolute Gasteiger partial charge is 0.465 e. The lowest BCUT2D eigenvalue weighted by atomic mass is 10.3. The van der Waals surface area contributed by atoms with E-state index in [2.05, 4.69) is 18.9 Å². The van der Waals surface area contributed by atoms with Crippen molar-refractivity contribution in [3.63, 3.8) is 0 Å². The first-order chi connectivity index (χ1) is 5.81. The summed E-state index contributed by atoms with van der Waals surface area (Å²) in [5, 5.41) is 0. The molecule has 0 aliphatic carbocycles. The Labute approximate surface area is 83.8 Å². The van der Waals surface area contributed by atoms with Crippen molar-refractivity contribution < 1.29 is 9.53 Å². The number of carbonyl (C=O) groups excluding carboxylic acids is 1. The first-order valence-corrected chi connectivity index (χ1v) is 6.09. The predicted octanol–water partition coefficient (Wildman–Crippen LogP) is 1.99. The molecule has 0 aromatic heterocycles. The Morgan fingerprint density at radius 3 is 2.75 bits per heavy atom. The fourth-order valence-corrected chi connectivity index (χ4v) is 1.34. The fraction of sp³-hybridized carbons (Fsp3) is 0.875. The number of unbranched alkanes of at least 4 members (excludes halogenated alkanes) is 2. The van der Waals surface area contributed by atoms with E-state index in [0.29, 0.717) is 6.61 Å². The summed E-state index contributed by atoms with van der Waals surface area (Å²) in [5.41, 5.74) is 0. The van der Waals surface area contributed by atoms with Crippen LogP contribution in [0.3, 0.4) is 0 Å². The third-order valence-corrected chi connectivity index (χ3v) is 2.34. The highest BCUT2D eigenvalue weighted by Crippen LogP contribution is 2.02. The quantitative estimate of drug-likeness (QED) is 0.394. The van der Waals surface area contributed by atoms with Crippen molar-refractivity contribution in [1.29, 1.82) is 0 Å². The Bertz CT molecular complexity index is 118. The van der Waals surface area contributed by atoms with Gasteiger partial charge in [0.1, 0.15) is 0 Å². The van der Waals surface area contributed by atoms with Gasteiger partial charge >= 0.3 is 5.97 Å². The fourth-order valence-electron chi connectivity index (χ4n) is 0.757. The Hall–Kier alpha value is 0.170. The molecule has 0 fully saturated rings. The van der Waals surface area contributed by atoms with E-state index < -0.39 is 0 Å². The highest BCUT2D eigenvalue weighted by molar-refractivity contribution is 7.98. The first kappa shape index (κ1) is 12.2. The van der Waals surface area contributed by atoms with E-state index in [-0.39, 0.29) is 11.7 Å². The van der Waals surface area contributed by atoms with Crippen LogP contribution in [0.1, 0.15) is 19.3 Å². The van der Waals surface area contributed by atoms with Crippen LogP contribution < -0.4 is 0 Å². The molecule has 0 aliphatic rings. The topological polar surface area (TPSA) is 26.3 Å². The number of esters is 1. The lowest BCUT2D eigenvalue weighted by Gasteiger charge is -2.01. The van der Waals surface area contributed by atoms with Crippen LogP contribution in [-0.2, 0) is 9.53 Å². The van der Waals surface area contributed by atoms with E-state index in [9.17, 15) is 4.79 Å². The van der Waals surface area contributed by atoms with Gasteiger partial charge in [-0.2, -0.15) is 24.4 Å². The van der Waals surface area contributed by atoms with E-state index in [1.54, 1.807) is 0 Å². The van der Waals surface area contributed by atoms with Crippen LogP contribution >= 0.6 is 24.4 Å². The molecule has 0 unspecified atom stereocenters. The molecule has 0 aromatic carbocycles. The van der Waals surface area contributed by atoms with Gasteiger partial charge in [-0.3, -0.25) is 4.79 Å². The van der Waals surface area contributed by atoms with Crippen molar-refractivity contribution in [2.45, 2.75) is 19.3 Å². The molecule has 0 N–H and O–H groups in total. The Kier molecular flexibility index (Phi) is 9.39. The van der Waals surface area contributed by atoms with E-state index in [1.165, 1.54) is 12.2 Å². The number of hydrogen-bond acceptors (Lipinski definition) is 4. The summed E-state index contributed by atoms with van der Waals surface area (Å²) in [7, 11) is 0. The lowest BCUT2D eigenvalue weighted by molar-refractivity contribution is -0.140. The van der Waals surface area contributed by atoms with Gasteiger partial charge in [0, 0.05) is 0 Å². The zero-order chi connectivity index (χ0) is 9.23. The molecule has 2 nitrogen and oxygen atoms in total. The number of thioether (sulfide) groups is 1. The van der Waals surface area contributed by atoms with Crippen LogP contribution in [0.15, 0.2) is 0 Å². The summed E-state index contributed by atoms with van der Waals surface area (Å²) in [6, 6.07) is 0. The van der Waals surface area contributed by atoms with Crippen molar-refractivity contribution in [2.24, 2.45) is 0 Å². The molecule has 0 spiro atoms. The number of rotatable bonds is 7. The molecule has 0 aromatic rings. The van der Waals surface area contributed by atoms with Gasteiger partial charge in [0.25, 0.3) is 0 Å². The number of thiol groups is 1. The second kappa shape index (κ2) is 9.26. The van der Waals surface area contributed by atoms with E-state index in [0.717, 1.165) is 12.8 Å². The monoisotopic (exact) mass is 208 g/mol. The third-order valence-electron chi connectivity index (χ3n) is 1.38. The highest BCUT2D eigenvalue weighted by atomic mass is 32.2. The molecule has 72 valence electrons. The number of hydrogen-bond donors (Lipinski definition) is 1. The summed E-state index contributed by atoms with van der Waals surface area (Å²) in [5.74, 6) is 1.16. The van der Waals surface area contributed by atoms with Gasteiger partial charge < -0.3 is 4.74 Å². The first-order valence-electron chi connectivity index (χ1n) is 4.06. The lowest BCUT2D eigenvalue weighted by Crippen LogP contribution is -2.06. The molecule has 0 heterocycles. The maximum absolute atomic E-state index is 10.6. The molecule has 4 heteroatoms. The van der Waals surface area contributed by atoms with Gasteiger partial charge in [-0.25, -0.2) is 0 Å². The minimum atomic E-state index is -0.219. The van der Waals surface area contributed by atoms with Crippen LogP contribution in [0, 0.1) is 0 Å². The second-order valence-corrected chi connectivity index (χ2v) is 3.73. The van der Waals surface area contributed by atoms with E-state index in [1.807, 2.05) is 11.8 Å². The van der Waals surface area contributed by atoms with Gasteiger partial charge in [0.15, 0.2) is 0 Å². The summed E-state index contributed by atoms with van der Waals surface area (Å²) < 4.78 is 4.85. The average molecular weight is 208 g/mol. The van der Waals surface area contributed by atoms with Crippen LogP contribution in [-0.4, -0.2) is 30.3 Å². The van der Waals surface area contributed by atoms with Gasteiger partial charge in [-0.15, -0.1) is 0 Å². The third kappa shape index (κ3) is 8.27. The summed E-state index contributed by atoms with van der Waals surface area (Å²) >= 11 is 5.65. The molecule has 0 aliphatic heterocycles. The summed E-state index contributed by atoms with van der Waals surface area (Å²) in [4.78, 5) is 10.6. The smallest absolute Gasteiger partial charge is 0.315 e. The zero-order valence-electron chi connectivity index (χ0n) is 7.41. The molecular weight excluding hydrogens is 192 g/mol. The van der Waals surface area contributed by atoms with Crippen LogP contribution in [0.25, 0.3) is 0 Å². The van der Waals surface area contributed by atoms with Crippen LogP contribution in [0.5, 0.6) is 0 Å². The molecule has 0 saturated heterocycles. The SMILES string of the molecule is CSCCCCCOC(=O)CS. The van der Waals surface area contributed by atoms with Gasteiger partial charge in [0.05, 0.1) is 12.4 Å². The Balaban J connectivity index is 2.95. The second-order valence-electron chi connectivity index (χ2n) is 2.43.